The number of aliphatic hydroxyl groups is 1. The predicted molar refractivity (Wildman–Crippen MR) is 160 cm³/mol. The number of nitrogens with zero attached hydrogens (tertiary/aromatic N) is 2. The van der Waals surface area contributed by atoms with Crippen molar-refractivity contribution in [1.29, 1.82) is 0 Å². The van der Waals surface area contributed by atoms with Gasteiger partial charge in [0.05, 0.1) is 5.76 Å². The van der Waals surface area contributed by atoms with Crippen molar-refractivity contribution >= 4 is 56.3 Å². The van der Waals surface area contributed by atoms with Gasteiger partial charge in [-0.3, -0.25) is 4.79 Å². The number of ketones is 1. The molecule has 39 heavy (non-hydrogen) atoms. The van der Waals surface area contributed by atoms with Gasteiger partial charge in [-0.25, -0.2) is 0 Å². The summed E-state index contributed by atoms with van der Waals surface area (Å²) in [6.45, 7) is 9.59. The molecule has 0 spiro atoms. The van der Waals surface area contributed by atoms with Crippen LogP contribution in [0.3, 0.4) is 0 Å². The number of pyridine rings is 2. The van der Waals surface area contributed by atoms with E-state index >= 15 is 0 Å². The Morgan fingerprint density at radius 2 is 1.69 bits per heavy atom. The number of aromatic nitrogens is 2. The van der Waals surface area contributed by atoms with E-state index in [4.69, 9.17) is 14.5 Å². The summed E-state index contributed by atoms with van der Waals surface area (Å²) in [5, 5.41) is 12.8. The Bertz CT molecular complexity index is 1690. The molecule has 5 aromatic rings. The summed E-state index contributed by atoms with van der Waals surface area (Å²) in [5.74, 6) is 7.09. The van der Waals surface area contributed by atoms with E-state index < -0.39 is 13.3 Å². The van der Waals surface area contributed by atoms with Crippen molar-refractivity contribution in [3.05, 3.63) is 78.3 Å². The van der Waals surface area contributed by atoms with E-state index in [1.807, 2.05) is 18.5 Å². The average Bonchev–Trinajstić information content (AvgIpc) is 3.20. The third kappa shape index (κ3) is 6.86. The van der Waals surface area contributed by atoms with E-state index in [2.05, 4.69) is 85.5 Å². The second-order valence-electron chi connectivity index (χ2n) is 11.8. The van der Waals surface area contributed by atoms with Gasteiger partial charge in [-0.15, -0.1) is 0 Å². The molecule has 5 rings (SSSR count). The molecule has 0 fully saturated rings. The summed E-state index contributed by atoms with van der Waals surface area (Å²) in [5.41, 5.74) is 4.53. The van der Waals surface area contributed by atoms with Crippen molar-refractivity contribution in [2.75, 3.05) is 0 Å². The van der Waals surface area contributed by atoms with E-state index in [1.165, 1.54) is 35.3 Å². The fraction of sp³-hybridized carbons (Fsp3) is 0.281. The first kappa shape index (κ1) is 30.7. The Hall–Kier alpha value is -2.80. The second kappa shape index (κ2) is 11.7. The topological polar surface area (TPSA) is 76.2 Å². The van der Waals surface area contributed by atoms with Crippen molar-refractivity contribution in [2.24, 2.45) is 0 Å². The molecule has 0 aliphatic rings. The number of carbonyl (C=O) groups is 1. The van der Waals surface area contributed by atoms with Crippen molar-refractivity contribution in [2.45, 2.75) is 57.3 Å². The summed E-state index contributed by atoms with van der Waals surface area (Å²) >= 11 is -2.00. The van der Waals surface area contributed by atoms with Crippen LogP contribution in [0, 0.1) is 6.07 Å². The normalized spacial score (nSPS) is 12.3. The minimum absolute atomic E-state index is 0. The van der Waals surface area contributed by atoms with Gasteiger partial charge in [-0.05, 0) is 13.8 Å². The van der Waals surface area contributed by atoms with Crippen LogP contribution < -0.4 is 4.40 Å². The maximum Gasteiger partial charge on any atom is 0 e. The van der Waals surface area contributed by atoms with Crippen LogP contribution in [0.25, 0.3) is 44.1 Å². The second-order valence-corrected chi connectivity index (χ2v) is 22.4. The van der Waals surface area contributed by atoms with Crippen molar-refractivity contribution < 1.29 is 34.4 Å². The maximum absolute atomic E-state index is 10.0. The molecule has 3 aromatic heterocycles. The van der Waals surface area contributed by atoms with Crippen LogP contribution in [0.15, 0.2) is 71.1 Å². The van der Waals surface area contributed by atoms with Crippen LogP contribution in [0.4, 0.5) is 0 Å². The summed E-state index contributed by atoms with van der Waals surface area (Å²) in [4.78, 5) is 19.4. The van der Waals surface area contributed by atoms with Crippen molar-refractivity contribution in [3.8, 4) is 11.3 Å². The van der Waals surface area contributed by atoms with Crippen molar-refractivity contribution in [3.63, 3.8) is 0 Å². The Labute approximate surface area is 246 Å². The van der Waals surface area contributed by atoms with E-state index in [9.17, 15) is 4.79 Å². The van der Waals surface area contributed by atoms with Gasteiger partial charge in [-0.1, -0.05) is 0 Å². The first-order valence-corrected chi connectivity index (χ1v) is 20.1. The van der Waals surface area contributed by atoms with Crippen LogP contribution in [-0.2, 0) is 30.3 Å². The molecule has 0 saturated carbocycles. The number of carbonyl (C=O) groups excluding carboxylic acids is 1. The van der Waals surface area contributed by atoms with Gasteiger partial charge in [0, 0.05) is 26.2 Å². The average molecular weight is 760 g/mol. The van der Waals surface area contributed by atoms with E-state index in [1.54, 1.807) is 0 Å². The smallest absolute Gasteiger partial charge is 0 e. The van der Waals surface area contributed by atoms with Gasteiger partial charge in [0.1, 0.15) is 0 Å². The molecule has 7 heteroatoms. The standard InChI is InChI=1S/C27H27GeN2O.C5H8O2.Ir/c1-27(2,3)23-14-18(13-17-9-7-8-10-20(17)23)24-25-21(11-12-29-24)22-15-19(28(4,5)6)16-30-26(22)31-25;1-4(6)3-5(2)7;/h7-12,14-16H,1-6H3;3,6H,1-2H3;/q-1;;/b;4-3-;. The largest absolute Gasteiger partial charge is 0 e. The predicted octanol–water partition coefficient (Wildman–Crippen LogP) is 7.87. The molecule has 0 aliphatic carbocycles. The first-order valence-electron chi connectivity index (χ1n) is 12.8. The number of benzene rings is 2. The molecule has 3 heterocycles. The van der Waals surface area contributed by atoms with Crippen LogP contribution in [0.5, 0.6) is 0 Å². The molecule has 0 amide bonds. The zero-order chi connectivity index (χ0) is 27.8. The van der Waals surface area contributed by atoms with Crippen LogP contribution in [0.2, 0.25) is 17.3 Å². The fourth-order valence-corrected chi connectivity index (χ4v) is 6.62. The molecule has 0 aliphatic heterocycles. The minimum atomic E-state index is -2.00. The van der Waals surface area contributed by atoms with Gasteiger partial charge in [0.15, 0.2) is 5.78 Å². The minimum Gasteiger partial charge on any atom is 0 e. The molecule has 5 nitrogen and oxygen atoms in total. The molecule has 0 bridgehead atoms. The third-order valence-corrected chi connectivity index (χ3v) is 10.6. The number of allylic oxidation sites excluding steroid dienone is 2. The van der Waals surface area contributed by atoms with Gasteiger partial charge in [0.25, 0.3) is 0 Å². The van der Waals surface area contributed by atoms with Gasteiger partial charge in [-0.2, -0.15) is 0 Å². The molecule has 0 saturated heterocycles. The van der Waals surface area contributed by atoms with Crippen LogP contribution in [0.1, 0.15) is 40.2 Å². The molecule has 0 unspecified atom stereocenters. The summed E-state index contributed by atoms with van der Waals surface area (Å²) < 4.78 is 7.65. The molecule has 1 radical (unpaired) electrons. The Morgan fingerprint density at radius 1 is 1.00 bits per heavy atom. The van der Waals surface area contributed by atoms with Gasteiger partial charge in [0.2, 0.25) is 0 Å². The number of hydrogen-bond donors (Lipinski definition) is 1. The Morgan fingerprint density at radius 3 is 2.28 bits per heavy atom. The van der Waals surface area contributed by atoms with E-state index in [-0.39, 0.29) is 37.1 Å². The van der Waals surface area contributed by atoms with Crippen LogP contribution in [-0.4, -0.2) is 34.1 Å². The summed E-state index contributed by atoms with van der Waals surface area (Å²) in [7, 11) is 0. The quantitative estimate of drug-likeness (QED) is 0.0878. The van der Waals surface area contributed by atoms with Gasteiger partial charge >= 0.3 is 186 Å². The first-order chi connectivity index (χ1) is 17.8. The number of furan rings is 1. The SMILES string of the molecule is CC(=O)/C=C(/C)O.CC(C)(C)c1cc(-c2nccc3c2oc2nc[c]([Ge]([CH3])([CH3])[CH3])cc23)[c-]c2ccccc12.[Ir]. The fourth-order valence-electron chi connectivity index (χ4n) is 4.46. The van der Waals surface area contributed by atoms with Crippen LogP contribution >= 0.6 is 0 Å². The number of rotatable bonds is 3. The zero-order valence-electron chi connectivity index (χ0n) is 23.8. The maximum atomic E-state index is 10.0. The molecule has 205 valence electrons. The molecular weight excluding hydrogens is 725 g/mol. The Balaban J connectivity index is 0.000000468. The molecular formula is C32H35GeIrN2O3-. The van der Waals surface area contributed by atoms with E-state index in [0.717, 1.165) is 33.0 Å². The third-order valence-electron chi connectivity index (χ3n) is 6.36. The van der Waals surface area contributed by atoms with Crippen molar-refractivity contribution in [1.82, 2.24) is 9.97 Å². The Kier molecular flexibility index (Phi) is 9.26. The number of fused-ring (bicyclic) bond motifs is 4. The molecule has 0 atom stereocenters. The number of hydrogen-bond acceptors (Lipinski definition) is 5. The van der Waals surface area contributed by atoms with Gasteiger partial charge < -0.3 is 5.11 Å². The summed E-state index contributed by atoms with van der Waals surface area (Å²) in [6, 6.07) is 18.6. The number of aliphatic hydroxyl groups excluding tert-OH is 1. The monoisotopic (exact) mass is 762 g/mol. The molecule has 2 aromatic carbocycles. The van der Waals surface area contributed by atoms with E-state index in [0.29, 0.717) is 5.71 Å². The molecule has 1 N–H and O–H groups in total. The summed E-state index contributed by atoms with van der Waals surface area (Å²) in [6.07, 6.45) is 5.04. The zero-order valence-corrected chi connectivity index (χ0v) is 28.3.